The third-order valence-corrected chi connectivity index (χ3v) is 4.64. The summed E-state index contributed by atoms with van der Waals surface area (Å²) in [5, 5.41) is 1.01. The molecule has 0 spiro atoms. The zero-order chi connectivity index (χ0) is 13.2. The minimum atomic E-state index is 0.858. The van der Waals surface area contributed by atoms with Gasteiger partial charge in [0, 0.05) is 17.4 Å². The first-order valence-electron chi connectivity index (χ1n) is 6.57. The number of aryl methyl sites for hydroxylation is 3. The summed E-state index contributed by atoms with van der Waals surface area (Å²) in [6.07, 6.45) is 4.61. The van der Waals surface area contributed by atoms with E-state index in [1.54, 1.807) is 11.8 Å². The zero-order valence-corrected chi connectivity index (χ0v) is 13.2. The van der Waals surface area contributed by atoms with Crippen LogP contribution in [-0.4, -0.2) is 9.97 Å². The summed E-state index contributed by atoms with van der Waals surface area (Å²) in [5.74, 6) is 0.887. The Balaban J connectivity index is 1.86. The minimum absolute atomic E-state index is 0.858. The summed E-state index contributed by atoms with van der Waals surface area (Å²) in [4.78, 5) is 10.2. The fraction of sp³-hybridized carbons (Fsp3) is 0.333. The van der Waals surface area contributed by atoms with Crippen LogP contribution in [0.5, 0.6) is 0 Å². The van der Waals surface area contributed by atoms with Gasteiger partial charge in [-0.1, -0.05) is 24.8 Å². The van der Waals surface area contributed by atoms with Crippen LogP contribution < -0.4 is 0 Å². The van der Waals surface area contributed by atoms with Crippen molar-refractivity contribution in [3.63, 3.8) is 0 Å². The summed E-state index contributed by atoms with van der Waals surface area (Å²) in [6, 6.07) is 8.77. The molecule has 1 aromatic carbocycles. The van der Waals surface area contributed by atoms with Crippen molar-refractivity contribution in [3.05, 3.63) is 45.8 Å². The Bertz CT molecular complexity index is 613. The third-order valence-electron chi connectivity index (χ3n) is 3.33. The molecule has 0 fully saturated rings. The number of hydrogen-bond donors (Lipinski definition) is 0. The molecule has 0 unspecified atom stereocenters. The molecule has 1 aliphatic rings. The quantitative estimate of drug-likeness (QED) is 0.776. The second-order valence-electron chi connectivity index (χ2n) is 4.68. The Morgan fingerprint density at radius 3 is 2.84 bits per heavy atom. The van der Waals surface area contributed by atoms with Crippen molar-refractivity contribution >= 4 is 27.7 Å². The second-order valence-corrected chi connectivity index (χ2v) is 6.59. The molecule has 0 N–H and O–H groups in total. The lowest BCUT2D eigenvalue weighted by Crippen LogP contribution is -1.94. The van der Waals surface area contributed by atoms with Crippen LogP contribution >= 0.6 is 27.7 Å². The fourth-order valence-electron chi connectivity index (χ4n) is 2.38. The van der Waals surface area contributed by atoms with Gasteiger partial charge in [0.1, 0.15) is 15.5 Å². The number of fused-ring (bicyclic) bond motifs is 1. The van der Waals surface area contributed by atoms with Crippen LogP contribution in [0.4, 0.5) is 0 Å². The maximum atomic E-state index is 4.56. The molecule has 0 saturated carbocycles. The van der Waals surface area contributed by atoms with Crippen LogP contribution in [0.2, 0.25) is 0 Å². The first-order chi connectivity index (χ1) is 9.24. The van der Waals surface area contributed by atoms with E-state index in [0.717, 1.165) is 21.9 Å². The van der Waals surface area contributed by atoms with Gasteiger partial charge in [-0.05, 0) is 58.5 Å². The van der Waals surface area contributed by atoms with Gasteiger partial charge in [0.15, 0.2) is 0 Å². The summed E-state index contributed by atoms with van der Waals surface area (Å²) in [5.41, 5.74) is 3.02. The number of halogens is 1. The van der Waals surface area contributed by atoms with Crippen molar-refractivity contribution in [1.29, 1.82) is 0 Å². The van der Waals surface area contributed by atoms with Gasteiger partial charge in [-0.3, -0.25) is 0 Å². The molecule has 1 heterocycles. The normalized spacial score (nSPS) is 13.6. The highest BCUT2D eigenvalue weighted by molar-refractivity contribution is 9.10. The Hall–Kier alpha value is -0.870. The van der Waals surface area contributed by atoms with Crippen molar-refractivity contribution in [1.82, 2.24) is 9.97 Å². The van der Waals surface area contributed by atoms with Crippen molar-refractivity contribution in [2.24, 2.45) is 0 Å². The molecule has 98 valence electrons. The number of rotatable bonds is 3. The first-order valence-corrected chi connectivity index (χ1v) is 8.18. The molecule has 1 aliphatic carbocycles. The van der Waals surface area contributed by atoms with Crippen LogP contribution in [0.3, 0.4) is 0 Å². The lowest BCUT2D eigenvalue weighted by Gasteiger charge is -2.06. The maximum Gasteiger partial charge on any atom is 0.130 e. The smallest absolute Gasteiger partial charge is 0.130 e. The largest absolute Gasteiger partial charge is 0.226 e. The van der Waals surface area contributed by atoms with Gasteiger partial charge in [0.05, 0.1) is 0 Å². The molecule has 0 saturated heterocycles. The fourth-order valence-corrected chi connectivity index (χ4v) is 3.86. The van der Waals surface area contributed by atoms with E-state index in [0.29, 0.717) is 0 Å². The van der Waals surface area contributed by atoms with E-state index in [4.69, 9.17) is 0 Å². The molecule has 0 amide bonds. The van der Waals surface area contributed by atoms with Gasteiger partial charge in [-0.25, -0.2) is 9.97 Å². The molecule has 2 nitrogen and oxygen atoms in total. The van der Waals surface area contributed by atoms with Gasteiger partial charge in [-0.2, -0.15) is 0 Å². The van der Waals surface area contributed by atoms with Crippen LogP contribution in [0.1, 0.15) is 30.3 Å². The van der Waals surface area contributed by atoms with E-state index in [1.807, 2.05) is 6.07 Å². The predicted molar refractivity (Wildman–Crippen MR) is 81.7 cm³/mol. The Morgan fingerprint density at radius 1 is 1.16 bits per heavy atom. The first kappa shape index (κ1) is 13.1. The topological polar surface area (TPSA) is 25.8 Å². The van der Waals surface area contributed by atoms with Crippen molar-refractivity contribution in [2.45, 2.75) is 42.5 Å². The van der Waals surface area contributed by atoms with Gasteiger partial charge >= 0.3 is 0 Å². The lowest BCUT2D eigenvalue weighted by molar-refractivity contribution is 0.877. The third kappa shape index (κ3) is 3.00. The highest BCUT2D eigenvalue weighted by atomic mass is 79.9. The van der Waals surface area contributed by atoms with Crippen molar-refractivity contribution in [3.8, 4) is 0 Å². The van der Waals surface area contributed by atoms with E-state index >= 15 is 0 Å². The summed E-state index contributed by atoms with van der Waals surface area (Å²) in [7, 11) is 0. The second kappa shape index (κ2) is 5.63. The molecular weight excluding hydrogens is 320 g/mol. The van der Waals surface area contributed by atoms with Crippen LogP contribution in [0.15, 0.2) is 38.8 Å². The Labute approximate surface area is 126 Å². The Morgan fingerprint density at radius 2 is 2.00 bits per heavy atom. The molecule has 19 heavy (non-hydrogen) atoms. The van der Waals surface area contributed by atoms with Gasteiger partial charge in [-0.15, -0.1) is 0 Å². The number of hydrogen-bond acceptors (Lipinski definition) is 3. The van der Waals surface area contributed by atoms with E-state index in [2.05, 4.69) is 51.0 Å². The lowest BCUT2D eigenvalue weighted by atomic mass is 10.1. The molecule has 0 aliphatic heterocycles. The summed E-state index contributed by atoms with van der Waals surface area (Å²) < 4.78 is 0.864. The van der Waals surface area contributed by atoms with E-state index < -0.39 is 0 Å². The minimum Gasteiger partial charge on any atom is -0.226 e. The van der Waals surface area contributed by atoms with Gasteiger partial charge in [0.25, 0.3) is 0 Å². The number of benzene rings is 1. The number of aromatic nitrogens is 2. The standard InChI is InChI=1S/C15H15BrN2S/c1-2-14-17-13(16)9-15(18-14)19-12-7-6-10-4-3-5-11(10)8-12/h6-9H,2-5H2,1H3. The molecule has 3 rings (SSSR count). The van der Waals surface area contributed by atoms with Crippen molar-refractivity contribution < 1.29 is 0 Å². The summed E-state index contributed by atoms with van der Waals surface area (Å²) in [6.45, 7) is 2.08. The number of nitrogens with zero attached hydrogens (tertiary/aromatic N) is 2. The highest BCUT2D eigenvalue weighted by Crippen LogP contribution is 2.31. The summed E-state index contributed by atoms with van der Waals surface area (Å²) >= 11 is 5.17. The molecule has 0 bridgehead atoms. The van der Waals surface area contributed by atoms with Crippen LogP contribution in [0.25, 0.3) is 0 Å². The SMILES string of the molecule is CCc1nc(Br)cc(Sc2ccc3c(c2)CCC3)n1. The highest BCUT2D eigenvalue weighted by Gasteiger charge is 2.12. The van der Waals surface area contributed by atoms with Crippen molar-refractivity contribution in [2.75, 3.05) is 0 Å². The maximum absolute atomic E-state index is 4.56. The van der Waals surface area contributed by atoms with E-state index in [9.17, 15) is 0 Å². The molecule has 0 atom stereocenters. The predicted octanol–water partition coefficient (Wildman–Crippen LogP) is 4.44. The average molecular weight is 335 g/mol. The molecule has 0 radical (unpaired) electrons. The molecule has 2 aromatic rings. The molecule has 1 aromatic heterocycles. The van der Waals surface area contributed by atoms with Gasteiger partial charge in [0.2, 0.25) is 0 Å². The van der Waals surface area contributed by atoms with Crippen LogP contribution in [-0.2, 0) is 19.3 Å². The zero-order valence-electron chi connectivity index (χ0n) is 10.8. The monoisotopic (exact) mass is 334 g/mol. The average Bonchev–Trinajstić information content (AvgIpc) is 2.85. The van der Waals surface area contributed by atoms with Gasteiger partial charge < -0.3 is 0 Å². The molecular formula is C15H15BrN2S. The van der Waals surface area contributed by atoms with Crippen LogP contribution in [0, 0.1) is 0 Å². The van der Waals surface area contributed by atoms with E-state index in [1.165, 1.54) is 35.3 Å². The van der Waals surface area contributed by atoms with E-state index in [-0.39, 0.29) is 0 Å². The molecule has 4 heteroatoms. The Kier molecular flexibility index (Phi) is 3.89.